The molecular weight excluding hydrogens is 246 g/mol. The maximum atomic E-state index is 9.61. The zero-order chi connectivity index (χ0) is 13.5. The van der Waals surface area contributed by atoms with Gasteiger partial charge in [-0.15, -0.1) is 0 Å². The molecule has 3 nitrogen and oxygen atoms in total. The number of nitrogens with zero attached hydrogens (tertiary/aromatic N) is 3. The number of rotatable bonds is 0. The Hall–Kier alpha value is -2.34. The number of aromatic nitrogens is 2. The number of pyridine rings is 1. The molecule has 0 fully saturated rings. The van der Waals surface area contributed by atoms with Crippen LogP contribution in [0.15, 0.2) is 30.5 Å². The average molecular weight is 261 g/mol. The van der Waals surface area contributed by atoms with Crippen LogP contribution < -0.4 is 0 Å². The average Bonchev–Trinajstić information content (AvgIpc) is 2.67. The van der Waals surface area contributed by atoms with Gasteiger partial charge >= 0.3 is 0 Å². The van der Waals surface area contributed by atoms with Gasteiger partial charge < -0.3 is 0 Å². The SMILES string of the molecule is N#Cc1c2c(cn3c1nc1ccccc13)CCCCC2. The van der Waals surface area contributed by atoms with E-state index in [0.717, 1.165) is 35.1 Å². The summed E-state index contributed by atoms with van der Waals surface area (Å²) in [5, 5.41) is 9.61. The van der Waals surface area contributed by atoms with E-state index in [1.807, 2.05) is 18.2 Å². The van der Waals surface area contributed by atoms with Crippen LogP contribution in [0, 0.1) is 11.3 Å². The van der Waals surface area contributed by atoms with E-state index in [4.69, 9.17) is 0 Å². The molecule has 0 spiro atoms. The van der Waals surface area contributed by atoms with Crippen LogP contribution in [0.4, 0.5) is 0 Å². The number of fused-ring (bicyclic) bond motifs is 4. The highest BCUT2D eigenvalue weighted by Gasteiger charge is 2.18. The van der Waals surface area contributed by atoms with E-state index in [1.54, 1.807) is 0 Å². The summed E-state index contributed by atoms with van der Waals surface area (Å²) in [6, 6.07) is 10.5. The molecule has 0 saturated heterocycles. The molecule has 2 aromatic heterocycles. The third kappa shape index (κ3) is 1.55. The Morgan fingerprint density at radius 2 is 1.95 bits per heavy atom. The molecule has 0 saturated carbocycles. The number of benzene rings is 1. The smallest absolute Gasteiger partial charge is 0.156 e. The van der Waals surface area contributed by atoms with Crippen LogP contribution in [0.2, 0.25) is 0 Å². The Morgan fingerprint density at radius 3 is 2.85 bits per heavy atom. The van der Waals surface area contributed by atoms with Gasteiger partial charge in [-0.1, -0.05) is 18.6 Å². The molecule has 0 bridgehead atoms. The predicted octanol–water partition coefficient (Wildman–Crippen LogP) is 3.63. The Kier molecular flexibility index (Phi) is 2.50. The van der Waals surface area contributed by atoms with Gasteiger partial charge in [0.1, 0.15) is 6.07 Å². The molecule has 0 atom stereocenters. The summed E-state index contributed by atoms with van der Waals surface area (Å²) < 4.78 is 2.10. The van der Waals surface area contributed by atoms with E-state index in [-0.39, 0.29) is 0 Å². The molecule has 20 heavy (non-hydrogen) atoms. The zero-order valence-electron chi connectivity index (χ0n) is 11.3. The standard InChI is InChI=1S/C17H15N3/c18-10-14-13-7-3-1-2-6-12(13)11-20-16-9-5-4-8-15(16)19-17(14)20/h4-5,8-9,11H,1-3,6-7H2. The zero-order valence-corrected chi connectivity index (χ0v) is 11.3. The summed E-state index contributed by atoms with van der Waals surface area (Å²) in [5.74, 6) is 0. The summed E-state index contributed by atoms with van der Waals surface area (Å²) in [6.07, 6.45) is 7.94. The Bertz CT molecular complexity index is 852. The van der Waals surface area contributed by atoms with Crippen molar-refractivity contribution in [1.29, 1.82) is 5.26 Å². The van der Waals surface area contributed by atoms with Gasteiger partial charge in [0.05, 0.1) is 16.6 Å². The van der Waals surface area contributed by atoms with Crippen molar-refractivity contribution >= 4 is 16.7 Å². The Morgan fingerprint density at radius 1 is 1.10 bits per heavy atom. The molecule has 98 valence electrons. The number of imidazole rings is 1. The minimum atomic E-state index is 0.778. The first-order valence-corrected chi connectivity index (χ1v) is 7.20. The third-order valence-electron chi connectivity index (χ3n) is 4.28. The van der Waals surface area contributed by atoms with E-state index >= 15 is 0 Å². The van der Waals surface area contributed by atoms with Crippen molar-refractivity contribution in [1.82, 2.24) is 9.38 Å². The molecule has 3 heteroatoms. The summed E-state index contributed by atoms with van der Waals surface area (Å²) in [7, 11) is 0. The van der Waals surface area contributed by atoms with Gasteiger partial charge in [0.25, 0.3) is 0 Å². The lowest BCUT2D eigenvalue weighted by molar-refractivity contribution is 0.711. The van der Waals surface area contributed by atoms with Gasteiger partial charge in [0, 0.05) is 6.20 Å². The fraction of sp³-hybridized carbons (Fsp3) is 0.294. The Balaban J connectivity index is 2.15. The fourth-order valence-corrected chi connectivity index (χ4v) is 3.29. The second-order valence-corrected chi connectivity index (χ2v) is 5.47. The van der Waals surface area contributed by atoms with Crippen molar-refractivity contribution in [3.63, 3.8) is 0 Å². The molecule has 3 aromatic rings. The van der Waals surface area contributed by atoms with Gasteiger partial charge in [-0.05, 0) is 48.9 Å². The van der Waals surface area contributed by atoms with Crippen molar-refractivity contribution in [2.45, 2.75) is 32.1 Å². The monoisotopic (exact) mass is 261 g/mol. The molecule has 0 unspecified atom stereocenters. The third-order valence-corrected chi connectivity index (χ3v) is 4.28. The van der Waals surface area contributed by atoms with Crippen LogP contribution in [-0.2, 0) is 12.8 Å². The maximum Gasteiger partial charge on any atom is 0.156 e. The van der Waals surface area contributed by atoms with E-state index < -0.39 is 0 Å². The predicted molar refractivity (Wildman–Crippen MR) is 78.7 cm³/mol. The normalized spacial score (nSPS) is 14.9. The lowest BCUT2D eigenvalue weighted by atomic mass is 10.0. The van der Waals surface area contributed by atoms with E-state index in [9.17, 15) is 5.26 Å². The maximum absolute atomic E-state index is 9.61. The van der Waals surface area contributed by atoms with E-state index in [2.05, 4.69) is 27.7 Å². The quantitative estimate of drug-likeness (QED) is 0.580. The van der Waals surface area contributed by atoms with Crippen LogP contribution in [0.25, 0.3) is 16.7 Å². The molecule has 1 aliphatic rings. The highest BCUT2D eigenvalue weighted by atomic mass is 15.0. The molecule has 0 aliphatic heterocycles. The first-order valence-electron chi connectivity index (χ1n) is 7.20. The van der Waals surface area contributed by atoms with Crippen LogP contribution in [0.3, 0.4) is 0 Å². The fourth-order valence-electron chi connectivity index (χ4n) is 3.29. The van der Waals surface area contributed by atoms with Crippen LogP contribution in [-0.4, -0.2) is 9.38 Å². The molecule has 2 heterocycles. The van der Waals surface area contributed by atoms with E-state index in [1.165, 1.54) is 30.4 Å². The van der Waals surface area contributed by atoms with Crippen molar-refractivity contribution in [2.24, 2.45) is 0 Å². The molecule has 0 N–H and O–H groups in total. The number of para-hydroxylation sites is 2. The first-order chi connectivity index (χ1) is 9.88. The number of hydrogen-bond donors (Lipinski definition) is 0. The number of nitriles is 1. The molecule has 1 aromatic carbocycles. The lowest BCUT2D eigenvalue weighted by Gasteiger charge is -2.09. The lowest BCUT2D eigenvalue weighted by Crippen LogP contribution is -2.01. The van der Waals surface area contributed by atoms with Crippen molar-refractivity contribution in [3.8, 4) is 6.07 Å². The van der Waals surface area contributed by atoms with Crippen LogP contribution in [0.1, 0.15) is 36.0 Å². The summed E-state index contributed by atoms with van der Waals surface area (Å²) in [6.45, 7) is 0. The van der Waals surface area contributed by atoms with Gasteiger partial charge in [-0.3, -0.25) is 4.40 Å². The second kappa shape index (κ2) is 4.35. The van der Waals surface area contributed by atoms with Crippen molar-refractivity contribution in [2.75, 3.05) is 0 Å². The van der Waals surface area contributed by atoms with Crippen LogP contribution in [0.5, 0.6) is 0 Å². The molecular formula is C17H15N3. The van der Waals surface area contributed by atoms with Gasteiger partial charge in [-0.25, -0.2) is 4.98 Å². The number of hydrogen-bond acceptors (Lipinski definition) is 2. The summed E-state index contributed by atoms with van der Waals surface area (Å²) in [5.41, 5.74) is 6.20. The molecule has 4 rings (SSSR count). The first kappa shape index (κ1) is 11.5. The largest absolute Gasteiger partial charge is 0.298 e. The summed E-state index contributed by atoms with van der Waals surface area (Å²) in [4.78, 5) is 4.67. The molecule has 0 amide bonds. The topological polar surface area (TPSA) is 41.1 Å². The molecule has 1 aliphatic carbocycles. The minimum Gasteiger partial charge on any atom is -0.298 e. The van der Waals surface area contributed by atoms with Gasteiger partial charge in [0.2, 0.25) is 0 Å². The van der Waals surface area contributed by atoms with Crippen molar-refractivity contribution in [3.05, 3.63) is 47.2 Å². The highest BCUT2D eigenvalue weighted by Crippen LogP contribution is 2.28. The Labute approximate surface area is 117 Å². The highest BCUT2D eigenvalue weighted by molar-refractivity contribution is 5.83. The van der Waals surface area contributed by atoms with Gasteiger partial charge in [-0.2, -0.15) is 5.26 Å². The summed E-state index contributed by atoms with van der Waals surface area (Å²) >= 11 is 0. The van der Waals surface area contributed by atoms with Crippen molar-refractivity contribution < 1.29 is 0 Å². The van der Waals surface area contributed by atoms with Crippen LogP contribution >= 0.6 is 0 Å². The second-order valence-electron chi connectivity index (χ2n) is 5.47. The molecule has 0 radical (unpaired) electrons. The number of aryl methyl sites for hydroxylation is 1. The van der Waals surface area contributed by atoms with E-state index in [0.29, 0.717) is 0 Å². The van der Waals surface area contributed by atoms with Gasteiger partial charge in [0.15, 0.2) is 5.65 Å². The minimum absolute atomic E-state index is 0.778.